The molecule has 1 saturated heterocycles. The molecule has 1 heterocycles. The standard InChI is InChI=1S/C19H31F2N5.HI/c1-5-22-19(23-10-12-25(4)14(2)3)24-15-9-11-26(13-15)18-16(20)7-6-8-17(18)21;/h6-8,14-15H,5,9-13H2,1-4H3,(H2,22,23,24);1H. The van der Waals surface area contributed by atoms with Crippen LogP contribution in [0.1, 0.15) is 27.2 Å². The minimum absolute atomic E-state index is 0. The monoisotopic (exact) mass is 495 g/mol. The normalized spacial score (nSPS) is 17.4. The highest BCUT2D eigenvalue weighted by molar-refractivity contribution is 14.0. The molecule has 0 bridgehead atoms. The van der Waals surface area contributed by atoms with E-state index in [1.807, 2.05) is 6.92 Å². The highest BCUT2D eigenvalue weighted by atomic mass is 127. The number of guanidine groups is 1. The molecule has 1 fully saturated rings. The van der Waals surface area contributed by atoms with Crippen LogP contribution in [-0.2, 0) is 0 Å². The van der Waals surface area contributed by atoms with E-state index in [4.69, 9.17) is 0 Å². The van der Waals surface area contributed by atoms with Crippen LogP contribution in [0, 0.1) is 11.6 Å². The Morgan fingerprint density at radius 1 is 1.33 bits per heavy atom. The van der Waals surface area contributed by atoms with Crippen molar-refractivity contribution < 1.29 is 8.78 Å². The van der Waals surface area contributed by atoms with Gasteiger partial charge in [-0.1, -0.05) is 6.07 Å². The number of nitrogens with zero attached hydrogens (tertiary/aromatic N) is 3. The van der Waals surface area contributed by atoms with Crippen LogP contribution < -0.4 is 15.5 Å². The molecule has 1 aliphatic rings. The smallest absolute Gasteiger partial charge is 0.191 e. The number of hydrogen-bond donors (Lipinski definition) is 2. The molecule has 0 saturated carbocycles. The summed E-state index contributed by atoms with van der Waals surface area (Å²) >= 11 is 0. The zero-order valence-corrected chi connectivity index (χ0v) is 19.0. The zero-order chi connectivity index (χ0) is 19.1. The summed E-state index contributed by atoms with van der Waals surface area (Å²) in [5.74, 6) is -0.267. The predicted molar refractivity (Wildman–Crippen MR) is 119 cm³/mol. The minimum atomic E-state index is -0.511. The Labute approximate surface area is 178 Å². The summed E-state index contributed by atoms with van der Waals surface area (Å²) < 4.78 is 28.0. The first-order valence-corrected chi connectivity index (χ1v) is 9.36. The summed E-state index contributed by atoms with van der Waals surface area (Å²) in [5.41, 5.74) is 0.0669. The van der Waals surface area contributed by atoms with Gasteiger partial charge >= 0.3 is 0 Å². The molecule has 8 heteroatoms. The van der Waals surface area contributed by atoms with Gasteiger partial charge in [-0.2, -0.15) is 0 Å². The van der Waals surface area contributed by atoms with Crippen molar-refractivity contribution in [3.63, 3.8) is 0 Å². The van der Waals surface area contributed by atoms with Gasteiger partial charge in [0.05, 0.1) is 6.54 Å². The molecule has 0 radical (unpaired) electrons. The number of benzene rings is 1. The Morgan fingerprint density at radius 3 is 2.59 bits per heavy atom. The minimum Gasteiger partial charge on any atom is -0.365 e. The largest absolute Gasteiger partial charge is 0.365 e. The number of anilines is 1. The van der Waals surface area contributed by atoms with Gasteiger partial charge in [0.25, 0.3) is 0 Å². The van der Waals surface area contributed by atoms with Gasteiger partial charge in [-0.05, 0) is 46.4 Å². The van der Waals surface area contributed by atoms with Crippen molar-refractivity contribution in [1.82, 2.24) is 15.5 Å². The van der Waals surface area contributed by atoms with Gasteiger partial charge in [-0.15, -0.1) is 24.0 Å². The Kier molecular flexibility index (Phi) is 10.3. The summed E-state index contributed by atoms with van der Waals surface area (Å²) in [6, 6.07) is 4.59. The van der Waals surface area contributed by atoms with Crippen molar-refractivity contribution in [2.75, 3.05) is 44.7 Å². The number of hydrogen-bond acceptors (Lipinski definition) is 3. The fourth-order valence-electron chi connectivity index (χ4n) is 2.96. The summed E-state index contributed by atoms with van der Waals surface area (Å²) in [7, 11) is 2.08. The van der Waals surface area contributed by atoms with E-state index in [-0.39, 0.29) is 35.7 Å². The molecule has 1 aromatic carbocycles. The maximum Gasteiger partial charge on any atom is 0.191 e. The van der Waals surface area contributed by atoms with Crippen molar-refractivity contribution in [2.24, 2.45) is 4.99 Å². The molecule has 5 nitrogen and oxygen atoms in total. The fourth-order valence-corrected chi connectivity index (χ4v) is 2.96. The van der Waals surface area contributed by atoms with E-state index < -0.39 is 11.6 Å². The molecule has 2 rings (SSSR count). The van der Waals surface area contributed by atoms with Crippen molar-refractivity contribution in [3.8, 4) is 0 Å². The second kappa shape index (κ2) is 11.6. The lowest BCUT2D eigenvalue weighted by molar-refractivity contribution is 0.282. The predicted octanol–water partition coefficient (Wildman–Crippen LogP) is 3.06. The lowest BCUT2D eigenvalue weighted by Gasteiger charge is -2.22. The van der Waals surface area contributed by atoms with Gasteiger partial charge in [-0.3, -0.25) is 4.99 Å². The van der Waals surface area contributed by atoms with Crippen molar-refractivity contribution in [2.45, 2.75) is 39.3 Å². The van der Waals surface area contributed by atoms with Crippen molar-refractivity contribution in [3.05, 3.63) is 29.8 Å². The third-order valence-electron chi connectivity index (χ3n) is 4.73. The van der Waals surface area contributed by atoms with E-state index in [1.165, 1.54) is 18.2 Å². The molecule has 27 heavy (non-hydrogen) atoms. The first kappa shape index (κ1) is 23.9. The zero-order valence-electron chi connectivity index (χ0n) is 16.6. The van der Waals surface area contributed by atoms with E-state index in [0.29, 0.717) is 25.7 Å². The van der Waals surface area contributed by atoms with Crippen LogP contribution >= 0.6 is 24.0 Å². The van der Waals surface area contributed by atoms with E-state index in [0.717, 1.165) is 25.5 Å². The third kappa shape index (κ3) is 7.06. The second-order valence-electron chi connectivity index (χ2n) is 6.98. The fraction of sp³-hybridized carbons (Fsp3) is 0.632. The molecular formula is C19H32F2IN5. The van der Waals surface area contributed by atoms with Crippen LogP contribution in [0.3, 0.4) is 0 Å². The van der Waals surface area contributed by atoms with Gasteiger partial charge in [0.15, 0.2) is 5.96 Å². The van der Waals surface area contributed by atoms with Crippen molar-refractivity contribution in [1.29, 1.82) is 0 Å². The van der Waals surface area contributed by atoms with Gasteiger partial charge in [0, 0.05) is 38.3 Å². The highest BCUT2D eigenvalue weighted by Crippen LogP contribution is 2.26. The molecule has 1 unspecified atom stereocenters. The first-order valence-electron chi connectivity index (χ1n) is 9.36. The quantitative estimate of drug-likeness (QED) is 0.347. The number of aliphatic imine (C=N–C) groups is 1. The van der Waals surface area contributed by atoms with E-state index in [1.54, 1.807) is 4.90 Å². The number of halogens is 3. The van der Waals surface area contributed by atoms with Crippen LogP contribution in [0.4, 0.5) is 14.5 Å². The summed E-state index contributed by atoms with van der Waals surface area (Å²) in [5, 5.41) is 6.64. The molecular weight excluding hydrogens is 463 g/mol. The molecule has 1 aromatic rings. The van der Waals surface area contributed by atoms with Crippen LogP contribution in [-0.4, -0.2) is 62.7 Å². The molecule has 0 spiro atoms. The third-order valence-corrected chi connectivity index (χ3v) is 4.73. The van der Waals surface area contributed by atoms with E-state index >= 15 is 0 Å². The Bertz CT molecular complexity index is 592. The second-order valence-corrected chi connectivity index (χ2v) is 6.98. The number of likely N-dealkylation sites (N-methyl/N-ethyl adjacent to an activating group) is 1. The number of para-hydroxylation sites is 1. The number of rotatable bonds is 7. The molecule has 1 aliphatic heterocycles. The van der Waals surface area contributed by atoms with Crippen LogP contribution in [0.2, 0.25) is 0 Å². The topological polar surface area (TPSA) is 42.9 Å². The van der Waals surface area contributed by atoms with Gasteiger partial charge in [0.2, 0.25) is 0 Å². The van der Waals surface area contributed by atoms with Gasteiger partial charge in [-0.25, -0.2) is 8.78 Å². The average molecular weight is 495 g/mol. The lowest BCUT2D eigenvalue weighted by atomic mass is 10.2. The Hall–Kier alpha value is -1.16. The summed E-state index contributed by atoms with van der Waals surface area (Å²) in [6.07, 6.45) is 0.810. The average Bonchev–Trinajstić information content (AvgIpc) is 3.02. The maximum absolute atomic E-state index is 14.0. The molecule has 1 atom stereocenters. The Morgan fingerprint density at radius 2 is 2.00 bits per heavy atom. The van der Waals surface area contributed by atoms with Crippen molar-refractivity contribution >= 4 is 35.6 Å². The molecule has 0 amide bonds. The van der Waals surface area contributed by atoms with Gasteiger partial charge in [0.1, 0.15) is 17.3 Å². The van der Waals surface area contributed by atoms with Gasteiger partial charge < -0.3 is 20.4 Å². The van der Waals surface area contributed by atoms with Crippen LogP contribution in [0.5, 0.6) is 0 Å². The molecule has 0 aliphatic carbocycles. The van der Waals surface area contributed by atoms with E-state index in [9.17, 15) is 8.78 Å². The van der Waals surface area contributed by atoms with E-state index in [2.05, 4.69) is 41.4 Å². The summed E-state index contributed by atoms with van der Waals surface area (Å²) in [4.78, 5) is 8.62. The SMILES string of the molecule is CCNC(=NCCN(C)C(C)C)NC1CCN(c2c(F)cccc2F)C1.I. The lowest BCUT2D eigenvalue weighted by Crippen LogP contribution is -2.45. The summed E-state index contributed by atoms with van der Waals surface area (Å²) in [6.45, 7) is 9.84. The van der Waals surface area contributed by atoms with Crippen LogP contribution in [0.15, 0.2) is 23.2 Å². The maximum atomic E-state index is 14.0. The number of nitrogens with one attached hydrogen (secondary N) is 2. The Balaban J connectivity index is 0.00000364. The molecule has 154 valence electrons. The molecule has 0 aromatic heterocycles. The first-order chi connectivity index (χ1) is 12.4. The van der Waals surface area contributed by atoms with Crippen LogP contribution in [0.25, 0.3) is 0 Å². The molecule has 2 N–H and O–H groups in total. The highest BCUT2D eigenvalue weighted by Gasteiger charge is 2.27.